The average molecular weight is 267 g/mol. The number of amides is 1. The van der Waals surface area contributed by atoms with Crippen LogP contribution in [0.3, 0.4) is 0 Å². The molecule has 2 nitrogen and oxygen atoms in total. The van der Waals surface area contributed by atoms with E-state index in [0.29, 0.717) is 5.56 Å². The second kappa shape index (κ2) is 4.91. The van der Waals surface area contributed by atoms with Crippen LogP contribution in [0.4, 0.5) is 18.9 Å². The number of hydrogen-bond donors (Lipinski definition) is 0. The molecular formula is C14H12F3NO. The number of halogens is 3. The number of carbonyl (C=O) groups excluding carboxylic acids is 1. The minimum Gasteiger partial charge on any atom is -0.274 e. The number of hydrogen-bond acceptors (Lipinski definition) is 1. The number of rotatable bonds is 2. The van der Waals surface area contributed by atoms with Gasteiger partial charge in [-0.05, 0) is 18.1 Å². The number of para-hydroxylation sites is 1. The lowest BCUT2D eigenvalue weighted by Gasteiger charge is -2.27. The van der Waals surface area contributed by atoms with Crippen molar-refractivity contribution in [1.29, 1.82) is 0 Å². The van der Waals surface area contributed by atoms with E-state index >= 15 is 0 Å². The monoisotopic (exact) mass is 267 g/mol. The van der Waals surface area contributed by atoms with E-state index in [2.05, 4.69) is 6.58 Å². The maximum absolute atomic E-state index is 13.1. The molecule has 0 spiro atoms. The van der Waals surface area contributed by atoms with Crippen molar-refractivity contribution in [3.05, 3.63) is 48.6 Å². The van der Waals surface area contributed by atoms with Crippen LogP contribution in [-0.2, 0) is 4.79 Å². The highest BCUT2D eigenvalue weighted by Crippen LogP contribution is 2.36. The molecule has 0 bridgehead atoms. The topological polar surface area (TPSA) is 20.3 Å². The lowest BCUT2D eigenvalue weighted by atomic mass is 10.0. The molecule has 0 saturated heterocycles. The Hall–Kier alpha value is -2.04. The molecule has 1 heterocycles. The van der Waals surface area contributed by atoms with Crippen LogP contribution in [0.2, 0.25) is 0 Å². The van der Waals surface area contributed by atoms with Gasteiger partial charge in [-0.2, -0.15) is 0 Å². The molecule has 1 aliphatic rings. The molecule has 1 aliphatic heterocycles. The van der Waals surface area contributed by atoms with E-state index in [-0.39, 0.29) is 17.0 Å². The Morgan fingerprint density at radius 1 is 1.32 bits per heavy atom. The van der Waals surface area contributed by atoms with Gasteiger partial charge in [-0.25, -0.2) is 4.90 Å². The Morgan fingerprint density at radius 2 is 2.00 bits per heavy atom. The number of fused-ring (bicyclic) bond motifs is 1. The minimum absolute atomic E-state index is 0.0868. The summed E-state index contributed by atoms with van der Waals surface area (Å²) in [5, 5.41) is 0. The van der Waals surface area contributed by atoms with Gasteiger partial charge in [-0.1, -0.05) is 36.4 Å². The predicted molar refractivity (Wildman–Crippen MR) is 67.3 cm³/mol. The van der Waals surface area contributed by atoms with Crippen molar-refractivity contribution in [1.82, 2.24) is 0 Å². The Kier molecular flexibility index (Phi) is 3.46. The molecule has 0 saturated carbocycles. The number of benzene rings is 1. The second-order valence-corrected chi connectivity index (χ2v) is 4.19. The SMILES string of the molecule is C=CCC1C=Cc2ccccc2N(C(F)(F)F)C1=O. The maximum Gasteiger partial charge on any atom is 0.491 e. The van der Waals surface area contributed by atoms with Crippen molar-refractivity contribution in [2.45, 2.75) is 12.7 Å². The van der Waals surface area contributed by atoms with E-state index in [4.69, 9.17) is 0 Å². The fourth-order valence-corrected chi connectivity index (χ4v) is 2.04. The zero-order chi connectivity index (χ0) is 14.0. The van der Waals surface area contributed by atoms with E-state index < -0.39 is 18.1 Å². The Morgan fingerprint density at radius 3 is 2.63 bits per heavy atom. The second-order valence-electron chi connectivity index (χ2n) is 4.19. The first-order valence-corrected chi connectivity index (χ1v) is 5.74. The molecule has 100 valence electrons. The van der Waals surface area contributed by atoms with Gasteiger partial charge in [0.2, 0.25) is 5.91 Å². The summed E-state index contributed by atoms with van der Waals surface area (Å²) in [4.78, 5) is 12.0. The van der Waals surface area contributed by atoms with Crippen molar-refractivity contribution < 1.29 is 18.0 Å². The van der Waals surface area contributed by atoms with Gasteiger partial charge in [0.25, 0.3) is 0 Å². The predicted octanol–water partition coefficient (Wildman–Crippen LogP) is 3.76. The Balaban J connectivity index is 2.55. The highest BCUT2D eigenvalue weighted by molar-refractivity contribution is 6.00. The number of allylic oxidation sites excluding steroid dienone is 1. The molecule has 5 heteroatoms. The zero-order valence-corrected chi connectivity index (χ0v) is 10.0. The quantitative estimate of drug-likeness (QED) is 0.590. The molecule has 1 amide bonds. The lowest BCUT2D eigenvalue weighted by Crippen LogP contribution is -2.45. The van der Waals surface area contributed by atoms with Crippen LogP contribution in [-0.4, -0.2) is 12.2 Å². The van der Waals surface area contributed by atoms with Crippen LogP contribution in [0.1, 0.15) is 12.0 Å². The number of carbonyl (C=O) groups is 1. The highest BCUT2D eigenvalue weighted by atomic mass is 19.4. The molecular weight excluding hydrogens is 255 g/mol. The molecule has 1 atom stereocenters. The molecule has 2 rings (SSSR count). The fraction of sp³-hybridized carbons (Fsp3) is 0.214. The third-order valence-corrected chi connectivity index (χ3v) is 2.90. The summed E-state index contributed by atoms with van der Waals surface area (Å²) in [6.45, 7) is 3.47. The first kappa shape index (κ1) is 13.4. The molecule has 1 unspecified atom stereocenters. The van der Waals surface area contributed by atoms with Gasteiger partial charge in [-0.15, -0.1) is 19.8 Å². The van der Waals surface area contributed by atoms with E-state index in [1.165, 1.54) is 24.3 Å². The molecule has 0 N–H and O–H groups in total. The van der Waals surface area contributed by atoms with E-state index in [1.807, 2.05) is 0 Å². The number of nitrogens with zero attached hydrogens (tertiary/aromatic N) is 1. The van der Waals surface area contributed by atoms with E-state index in [1.54, 1.807) is 18.2 Å². The Bertz CT molecular complexity index is 534. The molecule has 1 aromatic carbocycles. The normalized spacial score (nSPS) is 19.0. The number of anilines is 1. The summed E-state index contributed by atoms with van der Waals surface area (Å²) in [6.07, 6.45) is -0.0757. The van der Waals surface area contributed by atoms with Gasteiger partial charge in [-0.3, -0.25) is 4.79 Å². The molecule has 0 fully saturated rings. The summed E-state index contributed by atoms with van der Waals surface area (Å²) in [7, 11) is 0. The number of alkyl halides is 3. The van der Waals surface area contributed by atoms with Gasteiger partial charge in [0.05, 0.1) is 11.6 Å². The third kappa shape index (κ3) is 2.54. The minimum atomic E-state index is -4.74. The van der Waals surface area contributed by atoms with Gasteiger partial charge in [0.15, 0.2) is 0 Å². The molecule has 0 aromatic heterocycles. The lowest BCUT2D eigenvalue weighted by molar-refractivity contribution is -0.151. The van der Waals surface area contributed by atoms with Crippen LogP contribution < -0.4 is 4.90 Å². The molecule has 0 aliphatic carbocycles. The zero-order valence-electron chi connectivity index (χ0n) is 10.0. The van der Waals surface area contributed by atoms with Crippen molar-refractivity contribution in [2.24, 2.45) is 5.92 Å². The fourth-order valence-electron chi connectivity index (χ4n) is 2.04. The van der Waals surface area contributed by atoms with Crippen molar-refractivity contribution in [3.63, 3.8) is 0 Å². The van der Waals surface area contributed by atoms with Crippen LogP contribution in [0.25, 0.3) is 6.08 Å². The summed E-state index contributed by atoms with van der Waals surface area (Å²) < 4.78 is 39.3. The van der Waals surface area contributed by atoms with Gasteiger partial charge in [0.1, 0.15) is 0 Å². The standard InChI is InChI=1S/C14H12F3NO/c1-2-5-11-9-8-10-6-3-4-7-12(10)18(13(11)19)14(15,16)17/h2-4,6-9,11H,1,5H2. The van der Waals surface area contributed by atoms with Crippen molar-refractivity contribution >= 4 is 17.7 Å². The van der Waals surface area contributed by atoms with Crippen LogP contribution in [0, 0.1) is 5.92 Å². The molecule has 0 radical (unpaired) electrons. The highest BCUT2D eigenvalue weighted by Gasteiger charge is 2.45. The summed E-state index contributed by atoms with van der Waals surface area (Å²) in [6, 6.07) is 5.96. The van der Waals surface area contributed by atoms with E-state index in [9.17, 15) is 18.0 Å². The molecule has 19 heavy (non-hydrogen) atoms. The van der Waals surface area contributed by atoms with E-state index in [0.717, 1.165) is 0 Å². The molecule has 1 aromatic rings. The third-order valence-electron chi connectivity index (χ3n) is 2.90. The van der Waals surface area contributed by atoms with Crippen molar-refractivity contribution in [3.8, 4) is 0 Å². The van der Waals surface area contributed by atoms with Gasteiger partial charge in [0, 0.05) is 0 Å². The average Bonchev–Trinajstić information content (AvgIpc) is 2.47. The Labute approximate surface area is 108 Å². The summed E-state index contributed by atoms with van der Waals surface area (Å²) in [5.41, 5.74) is 0.238. The van der Waals surface area contributed by atoms with Crippen LogP contribution in [0.5, 0.6) is 0 Å². The summed E-state index contributed by atoms with van der Waals surface area (Å²) in [5.74, 6) is -1.82. The van der Waals surface area contributed by atoms with Crippen LogP contribution >= 0.6 is 0 Å². The van der Waals surface area contributed by atoms with Gasteiger partial charge >= 0.3 is 6.30 Å². The van der Waals surface area contributed by atoms with Crippen molar-refractivity contribution in [2.75, 3.05) is 4.90 Å². The largest absolute Gasteiger partial charge is 0.491 e. The first-order chi connectivity index (χ1) is 8.95. The van der Waals surface area contributed by atoms with Gasteiger partial charge < -0.3 is 0 Å². The first-order valence-electron chi connectivity index (χ1n) is 5.74. The summed E-state index contributed by atoms with van der Waals surface area (Å²) >= 11 is 0. The maximum atomic E-state index is 13.1. The smallest absolute Gasteiger partial charge is 0.274 e. The van der Waals surface area contributed by atoms with Crippen LogP contribution in [0.15, 0.2) is 43.0 Å².